The Morgan fingerprint density at radius 1 is 1.42 bits per heavy atom. The van der Waals surface area contributed by atoms with Gasteiger partial charge in [-0.2, -0.15) is 5.10 Å². The molecule has 1 heterocycles. The van der Waals surface area contributed by atoms with Crippen LogP contribution in [0.5, 0.6) is 0 Å². The molecule has 4 heteroatoms. The molecule has 68 valence electrons. The highest BCUT2D eigenvalue weighted by Gasteiger charge is 2.23. The van der Waals surface area contributed by atoms with Crippen molar-refractivity contribution in [1.82, 2.24) is 9.78 Å². The molecule has 0 saturated carbocycles. The maximum Gasteiger partial charge on any atom is 0.117 e. The van der Waals surface area contributed by atoms with Crippen LogP contribution in [-0.2, 0) is 12.5 Å². The molecule has 0 saturated heterocycles. The fourth-order valence-corrected chi connectivity index (χ4v) is 2.49. The van der Waals surface area contributed by atoms with Gasteiger partial charge in [0.25, 0.3) is 0 Å². The molecule has 0 aliphatic carbocycles. The predicted molar refractivity (Wildman–Crippen MR) is 62.3 cm³/mol. The largest absolute Gasteiger partial charge is 0.260 e. The molecule has 0 unspecified atom stereocenters. The second-order valence-corrected chi connectivity index (χ2v) is 5.66. The number of aryl methyl sites for hydroxylation is 1. The second-order valence-electron chi connectivity index (χ2n) is 3.83. The molecule has 2 nitrogen and oxygen atoms in total. The van der Waals surface area contributed by atoms with Crippen LogP contribution in [0.2, 0.25) is 0 Å². The van der Waals surface area contributed by atoms with Gasteiger partial charge in [0, 0.05) is 12.5 Å². The highest BCUT2D eigenvalue weighted by atomic mass is 127. The van der Waals surface area contributed by atoms with Gasteiger partial charge < -0.3 is 0 Å². The topological polar surface area (TPSA) is 17.8 Å². The van der Waals surface area contributed by atoms with Crippen molar-refractivity contribution in [2.75, 3.05) is 0 Å². The van der Waals surface area contributed by atoms with Crippen LogP contribution in [0.25, 0.3) is 0 Å². The fourth-order valence-electron chi connectivity index (χ4n) is 0.957. The first-order valence-electron chi connectivity index (χ1n) is 3.72. The van der Waals surface area contributed by atoms with E-state index in [0.717, 1.165) is 10.3 Å². The SMILES string of the molecule is Cn1nc(C(C)(C)C)c(I)c1Br. The van der Waals surface area contributed by atoms with E-state index in [4.69, 9.17) is 0 Å². The molecule has 0 aromatic carbocycles. The van der Waals surface area contributed by atoms with Gasteiger partial charge in [0.1, 0.15) is 4.60 Å². The molecule has 0 spiro atoms. The summed E-state index contributed by atoms with van der Waals surface area (Å²) in [6.07, 6.45) is 0. The first-order chi connectivity index (χ1) is 5.34. The Hall–Kier alpha value is 0.420. The molecule has 0 radical (unpaired) electrons. The van der Waals surface area contributed by atoms with Crippen molar-refractivity contribution < 1.29 is 0 Å². The van der Waals surface area contributed by atoms with E-state index in [2.05, 4.69) is 64.4 Å². The molecule has 0 aliphatic heterocycles. The first kappa shape index (κ1) is 10.5. The van der Waals surface area contributed by atoms with Crippen LogP contribution in [0.4, 0.5) is 0 Å². The van der Waals surface area contributed by atoms with Crippen LogP contribution in [0.3, 0.4) is 0 Å². The minimum Gasteiger partial charge on any atom is -0.260 e. The lowest BCUT2D eigenvalue weighted by atomic mass is 9.93. The molecule has 0 bridgehead atoms. The number of aromatic nitrogens is 2. The zero-order chi connectivity index (χ0) is 9.52. The second kappa shape index (κ2) is 3.29. The molecular formula is C8H12BrIN2. The summed E-state index contributed by atoms with van der Waals surface area (Å²) < 4.78 is 4.14. The fraction of sp³-hybridized carbons (Fsp3) is 0.625. The van der Waals surface area contributed by atoms with Gasteiger partial charge in [-0.3, -0.25) is 4.68 Å². The van der Waals surface area contributed by atoms with Crippen molar-refractivity contribution in [3.8, 4) is 0 Å². The van der Waals surface area contributed by atoms with Crippen molar-refractivity contribution in [1.29, 1.82) is 0 Å². The van der Waals surface area contributed by atoms with E-state index < -0.39 is 0 Å². The van der Waals surface area contributed by atoms with E-state index >= 15 is 0 Å². The molecule has 0 N–H and O–H groups in total. The van der Waals surface area contributed by atoms with Crippen LogP contribution >= 0.6 is 38.5 Å². The Balaban J connectivity index is 3.28. The van der Waals surface area contributed by atoms with Gasteiger partial charge in [0.2, 0.25) is 0 Å². The van der Waals surface area contributed by atoms with Crippen LogP contribution in [0.15, 0.2) is 4.60 Å². The van der Waals surface area contributed by atoms with E-state index in [1.807, 2.05) is 11.7 Å². The molecule has 1 aromatic heterocycles. The summed E-state index contributed by atoms with van der Waals surface area (Å²) in [5.74, 6) is 0. The molecule has 1 rings (SSSR count). The lowest BCUT2D eigenvalue weighted by Gasteiger charge is -2.15. The quantitative estimate of drug-likeness (QED) is 0.662. The average molecular weight is 343 g/mol. The van der Waals surface area contributed by atoms with Gasteiger partial charge in [-0.05, 0) is 38.5 Å². The number of hydrogen-bond acceptors (Lipinski definition) is 1. The third kappa shape index (κ3) is 1.84. The first-order valence-corrected chi connectivity index (χ1v) is 5.59. The van der Waals surface area contributed by atoms with Crippen molar-refractivity contribution in [3.05, 3.63) is 13.9 Å². The number of halogens is 2. The molecule has 0 fully saturated rings. The number of hydrogen-bond donors (Lipinski definition) is 0. The molecule has 0 aliphatic rings. The standard InChI is InChI=1S/C8H12BrIN2/c1-8(2,3)6-5(10)7(9)12(4)11-6/h1-4H3. The Bertz CT molecular complexity index is 299. The summed E-state index contributed by atoms with van der Waals surface area (Å²) in [7, 11) is 1.95. The number of rotatable bonds is 0. The third-order valence-electron chi connectivity index (χ3n) is 1.63. The normalized spacial score (nSPS) is 12.2. The summed E-state index contributed by atoms with van der Waals surface area (Å²) in [6.45, 7) is 6.51. The summed E-state index contributed by atoms with van der Waals surface area (Å²) in [6, 6.07) is 0. The van der Waals surface area contributed by atoms with Gasteiger partial charge in [0.15, 0.2) is 0 Å². The maximum absolute atomic E-state index is 4.44. The summed E-state index contributed by atoms with van der Waals surface area (Å²) in [4.78, 5) is 0. The Kier molecular flexibility index (Phi) is 2.88. The van der Waals surface area contributed by atoms with Gasteiger partial charge in [0.05, 0.1) is 9.26 Å². The van der Waals surface area contributed by atoms with Crippen LogP contribution in [-0.4, -0.2) is 9.78 Å². The summed E-state index contributed by atoms with van der Waals surface area (Å²) in [5.41, 5.74) is 1.28. The Labute approximate surface area is 95.0 Å². The molecule has 0 atom stereocenters. The van der Waals surface area contributed by atoms with Crippen LogP contribution < -0.4 is 0 Å². The predicted octanol–water partition coefficient (Wildman–Crippen LogP) is 3.08. The van der Waals surface area contributed by atoms with Crippen molar-refractivity contribution in [2.45, 2.75) is 26.2 Å². The van der Waals surface area contributed by atoms with E-state index in [1.54, 1.807) is 0 Å². The van der Waals surface area contributed by atoms with Gasteiger partial charge in [-0.1, -0.05) is 20.8 Å². The van der Waals surface area contributed by atoms with Crippen LogP contribution in [0.1, 0.15) is 26.5 Å². The summed E-state index contributed by atoms with van der Waals surface area (Å²) >= 11 is 5.81. The van der Waals surface area contributed by atoms with Crippen LogP contribution in [0, 0.1) is 3.57 Å². The van der Waals surface area contributed by atoms with Gasteiger partial charge in [-0.15, -0.1) is 0 Å². The molecule has 1 aromatic rings. The lowest BCUT2D eigenvalue weighted by Crippen LogP contribution is -2.13. The highest BCUT2D eigenvalue weighted by Crippen LogP contribution is 2.30. The molecule has 0 amide bonds. The average Bonchev–Trinajstić information content (AvgIpc) is 2.15. The molecular weight excluding hydrogens is 331 g/mol. The van der Waals surface area contributed by atoms with E-state index in [0.29, 0.717) is 0 Å². The smallest absolute Gasteiger partial charge is 0.117 e. The third-order valence-corrected chi connectivity index (χ3v) is 4.31. The zero-order valence-corrected chi connectivity index (χ0v) is 11.4. The Morgan fingerprint density at radius 2 is 1.92 bits per heavy atom. The zero-order valence-electron chi connectivity index (χ0n) is 7.65. The van der Waals surface area contributed by atoms with E-state index in [1.165, 1.54) is 3.57 Å². The number of nitrogens with zero attached hydrogens (tertiary/aromatic N) is 2. The summed E-state index contributed by atoms with van der Waals surface area (Å²) in [5, 5.41) is 4.44. The van der Waals surface area contributed by atoms with Crippen molar-refractivity contribution in [3.63, 3.8) is 0 Å². The highest BCUT2D eigenvalue weighted by molar-refractivity contribution is 14.1. The minimum atomic E-state index is 0.125. The Morgan fingerprint density at radius 3 is 2.08 bits per heavy atom. The maximum atomic E-state index is 4.44. The van der Waals surface area contributed by atoms with Gasteiger partial charge >= 0.3 is 0 Å². The molecule has 12 heavy (non-hydrogen) atoms. The minimum absolute atomic E-state index is 0.125. The lowest BCUT2D eigenvalue weighted by molar-refractivity contribution is 0.550. The van der Waals surface area contributed by atoms with Gasteiger partial charge in [-0.25, -0.2) is 0 Å². The van der Waals surface area contributed by atoms with E-state index in [-0.39, 0.29) is 5.41 Å². The van der Waals surface area contributed by atoms with Crippen molar-refractivity contribution in [2.24, 2.45) is 7.05 Å². The monoisotopic (exact) mass is 342 g/mol. The van der Waals surface area contributed by atoms with E-state index in [9.17, 15) is 0 Å². The van der Waals surface area contributed by atoms with Crippen molar-refractivity contribution >= 4 is 38.5 Å².